The number of H-pyrrole nitrogens is 1. The number of aryl methyl sites for hydroxylation is 1. The average Bonchev–Trinajstić information content (AvgIpc) is 2.76. The molecule has 0 atom stereocenters. The van der Waals surface area contributed by atoms with Crippen molar-refractivity contribution < 1.29 is 9.47 Å². The van der Waals surface area contributed by atoms with Crippen molar-refractivity contribution in [2.75, 3.05) is 13.2 Å². The zero-order valence-electron chi connectivity index (χ0n) is 11.7. The van der Waals surface area contributed by atoms with Crippen LogP contribution in [0.15, 0.2) is 30.5 Å². The summed E-state index contributed by atoms with van der Waals surface area (Å²) in [7, 11) is 0. The Morgan fingerprint density at radius 3 is 2.71 bits per heavy atom. The molecule has 1 aromatic carbocycles. The van der Waals surface area contributed by atoms with E-state index in [0.717, 1.165) is 46.0 Å². The standard InChI is InChI=1S/C16H15N3O2/c1-10-7-11(3-4-17-10)16-18-12-8-14-15(9-13(12)19-16)21-6-2-5-20-14/h3-4,7-9H,2,5-6H2,1H3,(H,18,19). The molecule has 0 bridgehead atoms. The first kappa shape index (κ1) is 12.2. The Morgan fingerprint density at radius 1 is 1.10 bits per heavy atom. The number of pyridine rings is 1. The fraction of sp³-hybridized carbons (Fsp3) is 0.250. The van der Waals surface area contributed by atoms with Crippen LogP contribution in [0.3, 0.4) is 0 Å². The van der Waals surface area contributed by atoms with Gasteiger partial charge in [-0.25, -0.2) is 4.98 Å². The Kier molecular flexibility index (Phi) is 2.77. The number of imidazole rings is 1. The fourth-order valence-electron chi connectivity index (χ4n) is 2.50. The number of aromatic nitrogens is 3. The molecule has 5 heteroatoms. The van der Waals surface area contributed by atoms with Gasteiger partial charge in [-0.15, -0.1) is 0 Å². The normalized spacial score (nSPS) is 14.1. The quantitative estimate of drug-likeness (QED) is 0.744. The third-order valence-corrected chi connectivity index (χ3v) is 3.52. The third kappa shape index (κ3) is 2.20. The molecule has 4 rings (SSSR count). The highest BCUT2D eigenvalue weighted by Gasteiger charge is 2.14. The van der Waals surface area contributed by atoms with E-state index in [2.05, 4.69) is 15.0 Å². The molecule has 0 spiro atoms. The molecule has 0 radical (unpaired) electrons. The van der Waals surface area contributed by atoms with Crippen LogP contribution >= 0.6 is 0 Å². The summed E-state index contributed by atoms with van der Waals surface area (Å²) in [5.41, 5.74) is 3.82. The molecule has 106 valence electrons. The maximum Gasteiger partial charge on any atom is 0.163 e. The summed E-state index contributed by atoms with van der Waals surface area (Å²) >= 11 is 0. The number of hydrogen-bond acceptors (Lipinski definition) is 4. The number of fused-ring (bicyclic) bond motifs is 2. The van der Waals surface area contributed by atoms with Gasteiger partial charge in [0.2, 0.25) is 0 Å². The van der Waals surface area contributed by atoms with Crippen LogP contribution in [0.5, 0.6) is 11.5 Å². The van der Waals surface area contributed by atoms with E-state index in [0.29, 0.717) is 13.2 Å². The highest BCUT2D eigenvalue weighted by Crippen LogP contribution is 2.34. The maximum absolute atomic E-state index is 5.71. The molecule has 0 fully saturated rings. The highest BCUT2D eigenvalue weighted by molar-refractivity contribution is 5.83. The average molecular weight is 281 g/mol. The predicted octanol–water partition coefficient (Wildman–Crippen LogP) is 3.09. The Bertz CT molecular complexity index is 767. The van der Waals surface area contributed by atoms with E-state index < -0.39 is 0 Å². The summed E-state index contributed by atoms with van der Waals surface area (Å²) in [5, 5.41) is 0. The molecule has 0 unspecified atom stereocenters. The van der Waals surface area contributed by atoms with Crippen LogP contribution in [-0.2, 0) is 0 Å². The van der Waals surface area contributed by atoms with E-state index in [1.54, 1.807) is 6.20 Å². The van der Waals surface area contributed by atoms with Gasteiger partial charge in [-0.05, 0) is 19.1 Å². The first-order chi connectivity index (χ1) is 10.3. The second-order valence-electron chi connectivity index (χ2n) is 5.14. The maximum atomic E-state index is 5.71. The van der Waals surface area contributed by atoms with Gasteiger partial charge in [0, 0.05) is 36.0 Å². The molecule has 0 saturated heterocycles. The third-order valence-electron chi connectivity index (χ3n) is 3.52. The largest absolute Gasteiger partial charge is 0.489 e. The van der Waals surface area contributed by atoms with Gasteiger partial charge in [0.25, 0.3) is 0 Å². The minimum Gasteiger partial charge on any atom is -0.489 e. The van der Waals surface area contributed by atoms with Crippen molar-refractivity contribution in [3.8, 4) is 22.9 Å². The molecule has 1 aliphatic heterocycles. The molecule has 5 nitrogen and oxygen atoms in total. The van der Waals surface area contributed by atoms with Crippen molar-refractivity contribution in [1.82, 2.24) is 15.0 Å². The lowest BCUT2D eigenvalue weighted by Gasteiger charge is -2.05. The summed E-state index contributed by atoms with van der Waals surface area (Å²) in [4.78, 5) is 12.2. The molecule has 1 aliphatic rings. The van der Waals surface area contributed by atoms with Crippen molar-refractivity contribution in [2.24, 2.45) is 0 Å². The summed E-state index contributed by atoms with van der Waals surface area (Å²) < 4.78 is 11.4. The lowest BCUT2D eigenvalue weighted by molar-refractivity contribution is 0.297. The number of rotatable bonds is 1. The van der Waals surface area contributed by atoms with Crippen LogP contribution in [0, 0.1) is 6.92 Å². The van der Waals surface area contributed by atoms with Gasteiger partial charge in [-0.2, -0.15) is 0 Å². The zero-order valence-corrected chi connectivity index (χ0v) is 11.7. The molecule has 21 heavy (non-hydrogen) atoms. The first-order valence-electron chi connectivity index (χ1n) is 7.02. The van der Waals surface area contributed by atoms with Crippen molar-refractivity contribution in [3.63, 3.8) is 0 Å². The van der Waals surface area contributed by atoms with Crippen LogP contribution in [0.25, 0.3) is 22.4 Å². The van der Waals surface area contributed by atoms with Crippen molar-refractivity contribution in [3.05, 3.63) is 36.2 Å². The van der Waals surface area contributed by atoms with Gasteiger partial charge in [0.05, 0.1) is 24.2 Å². The Morgan fingerprint density at radius 2 is 1.90 bits per heavy atom. The SMILES string of the molecule is Cc1cc(-c2nc3cc4c(cc3[nH]2)OCCCO4)ccn1. The van der Waals surface area contributed by atoms with Crippen LogP contribution < -0.4 is 9.47 Å². The number of hydrogen-bond donors (Lipinski definition) is 1. The number of aromatic amines is 1. The molecule has 0 saturated carbocycles. The first-order valence-corrected chi connectivity index (χ1v) is 7.02. The van der Waals surface area contributed by atoms with E-state index in [-0.39, 0.29) is 0 Å². The van der Waals surface area contributed by atoms with Gasteiger partial charge in [0.15, 0.2) is 11.5 Å². The van der Waals surface area contributed by atoms with Crippen LogP contribution in [-0.4, -0.2) is 28.2 Å². The molecule has 2 aromatic heterocycles. The number of benzene rings is 1. The summed E-state index contributed by atoms with van der Waals surface area (Å²) in [6.07, 6.45) is 2.69. The number of nitrogens with one attached hydrogen (secondary N) is 1. The molecule has 0 amide bonds. The predicted molar refractivity (Wildman–Crippen MR) is 79.7 cm³/mol. The molecular weight excluding hydrogens is 266 g/mol. The summed E-state index contributed by atoms with van der Waals surface area (Å²) in [6.45, 7) is 3.33. The zero-order chi connectivity index (χ0) is 14.2. The van der Waals surface area contributed by atoms with Gasteiger partial charge in [0.1, 0.15) is 5.82 Å². The Hall–Kier alpha value is -2.56. The van der Waals surface area contributed by atoms with Crippen LogP contribution in [0.4, 0.5) is 0 Å². The monoisotopic (exact) mass is 281 g/mol. The van der Waals surface area contributed by atoms with Crippen LogP contribution in [0.2, 0.25) is 0 Å². The van der Waals surface area contributed by atoms with E-state index in [1.807, 2.05) is 31.2 Å². The van der Waals surface area contributed by atoms with Crippen molar-refractivity contribution in [1.29, 1.82) is 0 Å². The van der Waals surface area contributed by atoms with E-state index in [4.69, 9.17) is 9.47 Å². The number of nitrogens with zero attached hydrogens (tertiary/aromatic N) is 2. The van der Waals surface area contributed by atoms with Gasteiger partial charge < -0.3 is 14.5 Å². The topological polar surface area (TPSA) is 60.0 Å². The van der Waals surface area contributed by atoms with Crippen molar-refractivity contribution in [2.45, 2.75) is 13.3 Å². The summed E-state index contributed by atoms with van der Waals surface area (Å²) in [5.74, 6) is 2.38. The lowest BCUT2D eigenvalue weighted by atomic mass is 10.2. The van der Waals surface area contributed by atoms with Gasteiger partial charge in [-0.3, -0.25) is 4.98 Å². The van der Waals surface area contributed by atoms with E-state index in [9.17, 15) is 0 Å². The smallest absolute Gasteiger partial charge is 0.163 e. The number of ether oxygens (including phenoxy) is 2. The van der Waals surface area contributed by atoms with E-state index in [1.165, 1.54) is 0 Å². The highest BCUT2D eigenvalue weighted by atomic mass is 16.5. The minimum atomic E-state index is 0.680. The molecule has 3 heterocycles. The molecular formula is C16H15N3O2. The second kappa shape index (κ2) is 4.77. The van der Waals surface area contributed by atoms with Crippen molar-refractivity contribution >= 4 is 11.0 Å². The minimum absolute atomic E-state index is 0.680. The Labute approximate surface area is 121 Å². The Balaban J connectivity index is 1.83. The molecule has 1 N–H and O–H groups in total. The molecule has 0 aliphatic carbocycles. The second-order valence-corrected chi connectivity index (χ2v) is 5.14. The summed E-state index contributed by atoms with van der Waals surface area (Å²) in [6, 6.07) is 7.85. The van der Waals surface area contributed by atoms with Gasteiger partial charge in [-0.1, -0.05) is 0 Å². The molecule has 3 aromatic rings. The van der Waals surface area contributed by atoms with Crippen LogP contribution in [0.1, 0.15) is 12.1 Å². The van der Waals surface area contributed by atoms with E-state index >= 15 is 0 Å². The fourth-order valence-corrected chi connectivity index (χ4v) is 2.50. The van der Waals surface area contributed by atoms with Gasteiger partial charge >= 0.3 is 0 Å². The lowest BCUT2D eigenvalue weighted by Crippen LogP contribution is -1.97.